The van der Waals surface area contributed by atoms with E-state index in [1.165, 1.54) is 41.6 Å². The fourth-order valence-corrected chi connectivity index (χ4v) is 3.21. The highest BCUT2D eigenvalue weighted by atomic mass is 16.5. The first-order valence-electron chi connectivity index (χ1n) is 7.99. The van der Waals surface area contributed by atoms with Crippen molar-refractivity contribution in [2.24, 2.45) is 0 Å². The molecule has 0 atom stereocenters. The molecule has 0 amide bonds. The normalized spacial score (nSPS) is 14.9. The van der Waals surface area contributed by atoms with E-state index in [9.17, 15) is 0 Å². The van der Waals surface area contributed by atoms with Gasteiger partial charge in [0.25, 0.3) is 0 Å². The molecule has 21 heavy (non-hydrogen) atoms. The van der Waals surface area contributed by atoms with E-state index in [1.807, 2.05) is 13.1 Å². The maximum Gasteiger partial charge on any atom is 0.120 e. The number of fused-ring (bicyclic) bond motifs is 2. The number of pyridine rings is 1. The minimum absolute atomic E-state index is 0.189. The van der Waals surface area contributed by atoms with Crippen LogP contribution in [0.2, 0.25) is 0 Å². The third kappa shape index (κ3) is 2.82. The Bertz CT molecular complexity index is 649. The summed E-state index contributed by atoms with van der Waals surface area (Å²) < 4.78 is 5.83. The lowest BCUT2D eigenvalue weighted by Gasteiger charge is -2.16. The van der Waals surface area contributed by atoms with Gasteiger partial charge in [-0.15, -0.1) is 0 Å². The summed E-state index contributed by atoms with van der Waals surface area (Å²) in [5.74, 6) is 0.921. The molecule has 3 heteroatoms. The average Bonchev–Trinajstić information content (AvgIpc) is 2.69. The van der Waals surface area contributed by atoms with Crippen molar-refractivity contribution in [1.82, 2.24) is 4.98 Å². The molecule has 3 rings (SSSR count). The summed E-state index contributed by atoms with van der Waals surface area (Å²) in [6, 6.07) is 6.23. The zero-order valence-electron chi connectivity index (χ0n) is 13.2. The molecule has 0 bridgehead atoms. The summed E-state index contributed by atoms with van der Waals surface area (Å²) in [6.45, 7) is 4.11. The van der Waals surface area contributed by atoms with Crippen LogP contribution in [0.5, 0.6) is 5.75 Å². The Kier molecular flexibility index (Phi) is 4.00. The molecule has 1 aliphatic carbocycles. The monoisotopic (exact) mass is 284 g/mol. The fraction of sp³-hybridized carbons (Fsp3) is 0.500. The first kappa shape index (κ1) is 14.2. The average molecular weight is 284 g/mol. The zero-order valence-corrected chi connectivity index (χ0v) is 13.2. The summed E-state index contributed by atoms with van der Waals surface area (Å²) >= 11 is 0. The van der Waals surface area contributed by atoms with Crippen LogP contribution in [0, 0.1) is 0 Å². The van der Waals surface area contributed by atoms with Crippen LogP contribution in [-0.4, -0.2) is 18.1 Å². The van der Waals surface area contributed by atoms with Crippen molar-refractivity contribution in [3.63, 3.8) is 0 Å². The highest BCUT2D eigenvalue weighted by Crippen LogP contribution is 2.34. The number of nitrogens with zero attached hydrogens (tertiary/aromatic N) is 1. The van der Waals surface area contributed by atoms with Crippen LogP contribution >= 0.6 is 0 Å². The maximum atomic E-state index is 5.83. The number of hydrogen-bond acceptors (Lipinski definition) is 3. The van der Waals surface area contributed by atoms with Crippen molar-refractivity contribution in [1.29, 1.82) is 0 Å². The molecule has 0 saturated carbocycles. The second-order valence-electron chi connectivity index (χ2n) is 6.07. The number of aryl methyl sites for hydroxylation is 1. The highest BCUT2D eigenvalue weighted by Gasteiger charge is 2.17. The molecule has 1 heterocycles. The largest absolute Gasteiger partial charge is 0.491 e. The molecule has 1 aliphatic rings. The van der Waals surface area contributed by atoms with E-state index in [1.54, 1.807) is 0 Å². The van der Waals surface area contributed by atoms with Gasteiger partial charge >= 0.3 is 0 Å². The van der Waals surface area contributed by atoms with Crippen LogP contribution in [0.25, 0.3) is 10.9 Å². The Morgan fingerprint density at radius 2 is 1.95 bits per heavy atom. The van der Waals surface area contributed by atoms with Crippen LogP contribution in [0.4, 0.5) is 5.69 Å². The number of rotatable bonds is 3. The van der Waals surface area contributed by atoms with Gasteiger partial charge in [0.15, 0.2) is 0 Å². The predicted molar refractivity (Wildman–Crippen MR) is 88.3 cm³/mol. The van der Waals surface area contributed by atoms with Crippen molar-refractivity contribution < 1.29 is 4.74 Å². The predicted octanol–water partition coefficient (Wildman–Crippen LogP) is 4.33. The van der Waals surface area contributed by atoms with Gasteiger partial charge in [0.05, 0.1) is 11.6 Å². The summed E-state index contributed by atoms with van der Waals surface area (Å²) in [6.07, 6.45) is 6.24. The van der Waals surface area contributed by atoms with Gasteiger partial charge in [-0.05, 0) is 63.3 Å². The minimum Gasteiger partial charge on any atom is -0.491 e. The maximum absolute atomic E-state index is 5.83. The standard InChI is InChI=1S/C18H24N2O/c1-12(2)21-13-9-10-17-15(11-13)18(19-3)14-7-5-4-6-8-16(14)20-17/h9-12H,4-8H2,1-3H3,(H,19,20). The number of aromatic nitrogens is 1. The van der Waals surface area contributed by atoms with E-state index in [0.29, 0.717) is 0 Å². The molecule has 2 aromatic rings. The topological polar surface area (TPSA) is 34.2 Å². The van der Waals surface area contributed by atoms with E-state index in [4.69, 9.17) is 9.72 Å². The zero-order chi connectivity index (χ0) is 14.8. The Morgan fingerprint density at radius 1 is 1.14 bits per heavy atom. The van der Waals surface area contributed by atoms with Crippen molar-refractivity contribution in [2.45, 2.75) is 52.1 Å². The molecule has 1 N–H and O–H groups in total. The lowest BCUT2D eigenvalue weighted by molar-refractivity contribution is 0.243. The molecule has 112 valence electrons. The van der Waals surface area contributed by atoms with Gasteiger partial charge in [-0.2, -0.15) is 0 Å². The van der Waals surface area contributed by atoms with E-state index in [2.05, 4.69) is 31.3 Å². The molecule has 3 nitrogen and oxygen atoms in total. The molecule has 0 radical (unpaired) electrons. The number of benzene rings is 1. The fourth-order valence-electron chi connectivity index (χ4n) is 3.21. The van der Waals surface area contributed by atoms with Gasteiger partial charge in [-0.25, -0.2) is 0 Å². The molecule has 0 fully saturated rings. The van der Waals surface area contributed by atoms with Crippen molar-refractivity contribution in [3.8, 4) is 5.75 Å². The summed E-state index contributed by atoms with van der Waals surface area (Å²) in [7, 11) is 2.01. The van der Waals surface area contributed by atoms with Gasteiger partial charge in [0, 0.05) is 23.8 Å². The van der Waals surface area contributed by atoms with Crippen molar-refractivity contribution >= 4 is 16.6 Å². The lowest BCUT2D eigenvalue weighted by atomic mass is 10.0. The molecule has 0 saturated heterocycles. The third-order valence-corrected chi connectivity index (χ3v) is 4.11. The number of hydrogen-bond donors (Lipinski definition) is 1. The van der Waals surface area contributed by atoms with Crippen molar-refractivity contribution in [2.75, 3.05) is 12.4 Å². The van der Waals surface area contributed by atoms with Gasteiger partial charge in [-0.3, -0.25) is 4.98 Å². The molecule has 1 aromatic heterocycles. The van der Waals surface area contributed by atoms with Crippen LogP contribution in [-0.2, 0) is 12.8 Å². The highest BCUT2D eigenvalue weighted by molar-refractivity contribution is 5.94. The Morgan fingerprint density at radius 3 is 2.71 bits per heavy atom. The van der Waals surface area contributed by atoms with Gasteiger partial charge < -0.3 is 10.1 Å². The van der Waals surface area contributed by atoms with Crippen LogP contribution < -0.4 is 10.1 Å². The summed E-state index contributed by atoms with van der Waals surface area (Å²) in [5, 5.41) is 4.59. The minimum atomic E-state index is 0.189. The summed E-state index contributed by atoms with van der Waals surface area (Å²) in [4.78, 5) is 4.91. The van der Waals surface area contributed by atoms with Gasteiger partial charge in [-0.1, -0.05) is 6.42 Å². The second-order valence-corrected chi connectivity index (χ2v) is 6.07. The van der Waals surface area contributed by atoms with Crippen molar-refractivity contribution in [3.05, 3.63) is 29.5 Å². The van der Waals surface area contributed by atoms with Gasteiger partial charge in [0.1, 0.15) is 5.75 Å². The second kappa shape index (κ2) is 5.92. The van der Waals surface area contributed by atoms with E-state index in [0.717, 1.165) is 24.1 Å². The van der Waals surface area contributed by atoms with Crippen LogP contribution in [0.1, 0.15) is 44.4 Å². The van der Waals surface area contributed by atoms with E-state index >= 15 is 0 Å². The lowest BCUT2D eigenvalue weighted by Crippen LogP contribution is -2.06. The molecule has 0 aliphatic heterocycles. The van der Waals surface area contributed by atoms with Crippen LogP contribution in [0.3, 0.4) is 0 Å². The number of ether oxygens (including phenoxy) is 1. The summed E-state index contributed by atoms with van der Waals surface area (Å²) in [5.41, 5.74) is 4.99. The molecule has 0 unspecified atom stereocenters. The molecule has 0 spiro atoms. The van der Waals surface area contributed by atoms with Crippen LogP contribution in [0.15, 0.2) is 18.2 Å². The number of anilines is 1. The molecular weight excluding hydrogens is 260 g/mol. The smallest absolute Gasteiger partial charge is 0.120 e. The van der Waals surface area contributed by atoms with E-state index < -0.39 is 0 Å². The first-order chi connectivity index (χ1) is 10.2. The Balaban J connectivity index is 2.16. The molecular formula is C18H24N2O. The third-order valence-electron chi connectivity index (χ3n) is 4.11. The van der Waals surface area contributed by atoms with E-state index in [-0.39, 0.29) is 6.10 Å². The number of nitrogens with one attached hydrogen (secondary N) is 1. The van der Waals surface area contributed by atoms with Gasteiger partial charge in [0.2, 0.25) is 0 Å². The Hall–Kier alpha value is -1.77. The quantitative estimate of drug-likeness (QED) is 0.852. The SMILES string of the molecule is CNc1c2c(nc3ccc(OC(C)C)cc13)CCCCC2. The Labute approximate surface area is 126 Å². The molecule has 1 aromatic carbocycles. The first-order valence-corrected chi connectivity index (χ1v) is 7.99.